The van der Waals surface area contributed by atoms with Gasteiger partial charge in [-0.3, -0.25) is 0 Å². The molecular weight excluding hydrogens is 295 g/mol. The molecule has 0 bridgehead atoms. The van der Waals surface area contributed by atoms with Crippen LogP contribution in [0.4, 0.5) is 5.95 Å². The van der Waals surface area contributed by atoms with Crippen LogP contribution in [0, 0.1) is 0 Å². The second-order valence-corrected chi connectivity index (χ2v) is 4.67. The van der Waals surface area contributed by atoms with E-state index in [4.69, 9.17) is 34.8 Å². The third kappa shape index (κ3) is 3.22. The zero-order valence-electron chi connectivity index (χ0n) is 9.36. The van der Waals surface area contributed by atoms with E-state index >= 15 is 0 Å². The molecule has 1 unspecified atom stereocenters. The van der Waals surface area contributed by atoms with Gasteiger partial charge in [0.15, 0.2) is 0 Å². The van der Waals surface area contributed by atoms with E-state index in [9.17, 15) is 0 Å². The molecule has 0 saturated carbocycles. The Labute approximate surface area is 119 Å². The van der Waals surface area contributed by atoms with E-state index < -0.39 is 0 Å². The van der Waals surface area contributed by atoms with Crippen LogP contribution in [0.15, 0.2) is 24.3 Å². The normalized spacial score (nSPS) is 12.2. The third-order valence-electron chi connectivity index (χ3n) is 2.30. The quantitative estimate of drug-likeness (QED) is 0.931. The van der Waals surface area contributed by atoms with E-state index in [1.165, 1.54) is 0 Å². The van der Waals surface area contributed by atoms with Crippen LogP contribution in [-0.4, -0.2) is 15.0 Å². The first-order valence-electron chi connectivity index (χ1n) is 5.14. The number of halogens is 3. The molecule has 1 N–H and O–H groups in total. The fraction of sp³-hybridized carbons (Fsp3) is 0.182. The maximum atomic E-state index is 6.10. The highest BCUT2D eigenvalue weighted by molar-refractivity contribution is 6.31. The maximum Gasteiger partial charge on any atom is 0.228 e. The van der Waals surface area contributed by atoms with E-state index in [1.54, 1.807) is 0 Å². The molecular formula is C11H9Cl3N4. The zero-order valence-corrected chi connectivity index (χ0v) is 11.6. The van der Waals surface area contributed by atoms with Gasteiger partial charge in [-0.05, 0) is 41.8 Å². The van der Waals surface area contributed by atoms with E-state index in [0.29, 0.717) is 11.0 Å². The van der Waals surface area contributed by atoms with Crippen molar-refractivity contribution in [2.24, 2.45) is 0 Å². The molecule has 94 valence electrons. The van der Waals surface area contributed by atoms with Gasteiger partial charge in [-0.15, -0.1) is 0 Å². The summed E-state index contributed by atoms with van der Waals surface area (Å²) in [5.41, 5.74) is 0.937. The van der Waals surface area contributed by atoms with Crippen molar-refractivity contribution in [1.29, 1.82) is 0 Å². The number of benzene rings is 1. The Morgan fingerprint density at radius 2 is 1.61 bits per heavy atom. The Hall–Kier alpha value is -1.10. The van der Waals surface area contributed by atoms with Gasteiger partial charge in [-0.2, -0.15) is 15.0 Å². The highest BCUT2D eigenvalue weighted by Gasteiger charge is 2.11. The SMILES string of the molecule is CC(Nc1nc(Cl)nc(Cl)n1)c1ccccc1Cl. The van der Waals surface area contributed by atoms with Gasteiger partial charge in [0.05, 0.1) is 6.04 Å². The summed E-state index contributed by atoms with van der Waals surface area (Å²) in [6.45, 7) is 1.94. The second-order valence-electron chi connectivity index (χ2n) is 3.58. The summed E-state index contributed by atoms with van der Waals surface area (Å²) in [6.07, 6.45) is 0. The number of aromatic nitrogens is 3. The van der Waals surface area contributed by atoms with Crippen LogP contribution in [0.2, 0.25) is 15.6 Å². The molecule has 0 spiro atoms. The molecule has 0 aliphatic heterocycles. The van der Waals surface area contributed by atoms with Crippen LogP contribution in [0.3, 0.4) is 0 Å². The minimum absolute atomic E-state index is 0.0452. The van der Waals surface area contributed by atoms with E-state index in [-0.39, 0.29) is 16.6 Å². The van der Waals surface area contributed by atoms with Crippen molar-refractivity contribution < 1.29 is 0 Å². The molecule has 1 atom stereocenters. The molecule has 0 fully saturated rings. The topological polar surface area (TPSA) is 50.7 Å². The molecule has 0 radical (unpaired) electrons. The Morgan fingerprint density at radius 1 is 1.00 bits per heavy atom. The molecule has 1 heterocycles. The first kappa shape index (κ1) is 13.3. The maximum absolute atomic E-state index is 6.10. The summed E-state index contributed by atoms with van der Waals surface area (Å²) in [5, 5.41) is 3.83. The van der Waals surface area contributed by atoms with Crippen molar-refractivity contribution in [3.8, 4) is 0 Å². The van der Waals surface area contributed by atoms with Gasteiger partial charge in [-0.1, -0.05) is 29.8 Å². The monoisotopic (exact) mass is 302 g/mol. The van der Waals surface area contributed by atoms with Crippen molar-refractivity contribution in [2.45, 2.75) is 13.0 Å². The van der Waals surface area contributed by atoms with Gasteiger partial charge in [0.1, 0.15) is 0 Å². The first-order valence-corrected chi connectivity index (χ1v) is 6.27. The molecule has 18 heavy (non-hydrogen) atoms. The largest absolute Gasteiger partial charge is 0.347 e. The molecule has 2 aromatic rings. The Morgan fingerprint density at radius 3 is 2.22 bits per heavy atom. The Balaban J connectivity index is 2.21. The summed E-state index contributed by atoms with van der Waals surface area (Å²) < 4.78 is 0. The van der Waals surface area contributed by atoms with Crippen molar-refractivity contribution >= 4 is 40.8 Å². The number of hydrogen-bond acceptors (Lipinski definition) is 4. The lowest BCUT2D eigenvalue weighted by molar-refractivity contribution is 0.854. The summed E-state index contributed by atoms with van der Waals surface area (Å²) in [5.74, 6) is 0.312. The molecule has 1 aromatic heterocycles. The number of nitrogens with one attached hydrogen (secondary N) is 1. The van der Waals surface area contributed by atoms with Crippen LogP contribution >= 0.6 is 34.8 Å². The lowest BCUT2D eigenvalue weighted by Gasteiger charge is -2.15. The standard InChI is InChI=1S/C11H9Cl3N4/c1-6(7-4-2-3-5-8(7)12)15-11-17-9(13)16-10(14)18-11/h2-6H,1H3,(H,15,16,17,18). The fourth-order valence-electron chi connectivity index (χ4n) is 1.49. The summed E-state index contributed by atoms with van der Waals surface area (Å²) in [6, 6.07) is 7.45. The molecule has 1 aromatic carbocycles. The Bertz CT molecular complexity index is 541. The Kier molecular flexibility index (Phi) is 4.22. The number of rotatable bonds is 3. The third-order valence-corrected chi connectivity index (χ3v) is 2.98. The summed E-state index contributed by atoms with van der Waals surface area (Å²) in [7, 11) is 0. The molecule has 0 aliphatic carbocycles. The average molecular weight is 304 g/mol. The van der Waals surface area contributed by atoms with E-state index in [0.717, 1.165) is 5.56 Å². The van der Waals surface area contributed by atoms with E-state index in [2.05, 4.69) is 20.3 Å². The lowest BCUT2D eigenvalue weighted by Crippen LogP contribution is -2.10. The van der Waals surface area contributed by atoms with Crippen LogP contribution in [0.5, 0.6) is 0 Å². The van der Waals surface area contributed by atoms with Gasteiger partial charge in [0.25, 0.3) is 0 Å². The van der Waals surface area contributed by atoms with Gasteiger partial charge in [-0.25, -0.2) is 0 Å². The van der Waals surface area contributed by atoms with E-state index in [1.807, 2.05) is 31.2 Å². The highest BCUT2D eigenvalue weighted by atomic mass is 35.5. The number of nitrogens with zero attached hydrogens (tertiary/aromatic N) is 3. The minimum Gasteiger partial charge on any atom is -0.347 e. The van der Waals surface area contributed by atoms with Gasteiger partial charge in [0.2, 0.25) is 16.5 Å². The van der Waals surface area contributed by atoms with Crippen LogP contribution in [0.1, 0.15) is 18.5 Å². The van der Waals surface area contributed by atoms with Gasteiger partial charge < -0.3 is 5.32 Å². The van der Waals surface area contributed by atoms with Crippen LogP contribution < -0.4 is 5.32 Å². The smallest absolute Gasteiger partial charge is 0.228 e. The summed E-state index contributed by atoms with van der Waals surface area (Å²) >= 11 is 17.5. The number of hydrogen-bond donors (Lipinski definition) is 1. The van der Waals surface area contributed by atoms with Crippen molar-refractivity contribution in [1.82, 2.24) is 15.0 Å². The van der Waals surface area contributed by atoms with Crippen molar-refractivity contribution in [2.75, 3.05) is 5.32 Å². The first-order chi connectivity index (χ1) is 8.56. The predicted octanol–water partition coefficient (Wildman–Crippen LogP) is 4.00. The van der Waals surface area contributed by atoms with Crippen LogP contribution in [0.25, 0.3) is 0 Å². The van der Waals surface area contributed by atoms with Crippen molar-refractivity contribution in [3.63, 3.8) is 0 Å². The second kappa shape index (κ2) is 5.69. The lowest BCUT2D eigenvalue weighted by atomic mass is 10.1. The number of anilines is 1. The van der Waals surface area contributed by atoms with Crippen molar-refractivity contribution in [3.05, 3.63) is 45.4 Å². The molecule has 4 nitrogen and oxygen atoms in total. The predicted molar refractivity (Wildman–Crippen MR) is 73.3 cm³/mol. The van der Waals surface area contributed by atoms with Gasteiger partial charge >= 0.3 is 0 Å². The highest BCUT2D eigenvalue weighted by Crippen LogP contribution is 2.24. The van der Waals surface area contributed by atoms with Crippen LogP contribution in [-0.2, 0) is 0 Å². The average Bonchev–Trinajstić information content (AvgIpc) is 2.27. The molecule has 0 saturated heterocycles. The molecule has 0 aliphatic rings. The fourth-order valence-corrected chi connectivity index (χ4v) is 2.15. The zero-order chi connectivity index (χ0) is 13.1. The summed E-state index contributed by atoms with van der Waals surface area (Å²) in [4.78, 5) is 11.5. The minimum atomic E-state index is -0.0757. The molecule has 0 amide bonds. The molecule has 7 heteroatoms. The molecule has 2 rings (SSSR count). The van der Waals surface area contributed by atoms with Gasteiger partial charge in [0, 0.05) is 5.02 Å².